The Balaban J connectivity index is 2.98. The number of aliphatic hydroxyl groups is 1. The molecule has 5 nitrogen and oxygen atoms in total. The van der Waals surface area contributed by atoms with Crippen LogP contribution in [0.2, 0.25) is 0 Å². The van der Waals surface area contributed by atoms with E-state index in [9.17, 15) is 13.5 Å². The van der Waals surface area contributed by atoms with E-state index in [0.717, 1.165) is 0 Å². The van der Waals surface area contributed by atoms with E-state index in [0.29, 0.717) is 23.2 Å². The molecule has 0 fully saturated rings. The van der Waals surface area contributed by atoms with Gasteiger partial charge >= 0.3 is 0 Å². The zero-order valence-corrected chi connectivity index (χ0v) is 14.2. The second-order valence-corrected chi connectivity index (χ2v) is 8.11. The standard InChI is InChI=1S/C15H26N2O3S/c1-10(2)8-15(5,18)9-17-21(19,20)14-11(3)6-13(16)7-12(14)4/h6-7,10,17-18H,8-9,16H2,1-5H3. The van der Waals surface area contributed by atoms with Gasteiger partial charge in [-0.1, -0.05) is 13.8 Å². The largest absolute Gasteiger partial charge is 0.399 e. The minimum absolute atomic E-state index is 0.0171. The molecule has 21 heavy (non-hydrogen) atoms. The van der Waals surface area contributed by atoms with Crippen LogP contribution in [-0.4, -0.2) is 25.7 Å². The highest BCUT2D eigenvalue weighted by molar-refractivity contribution is 7.89. The van der Waals surface area contributed by atoms with Crippen molar-refractivity contribution >= 4 is 15.7 Å². The lowest BCUT2D eigenvalue weighted by atomic mass is 9.95. The summed E-state index contributed by atoms with van der Waals surface area (Å²) < 4.78 is 27.4. The summed E-state index contributed by atoms with van der Waals surface area (Å²) >= 11 is 0. The fourth-order valence-corrected chi connectivity index (χ4v) is 4.29. The van der Waals surface area contributed by atoms with Crippen LogP contribution < -0.4 is 10.5 Å². The van der Waals surface area contributed by atoms with Gasteiger partial charge in [-0.25, -0.2) is 13.1 Å². The molecule has 1 aromatic carbocycles. The van der Waals surface area contributed by atoms with Gasteiger partial charge in [0.05, 0.1) is 10.5 Å². The molecule has 0 bridgehead atoms. The molecule has 1 aromatic rings. The van der Waals surface area contributed by atoms with Gasteiger partial charge in [0.25, 0.3) is 0 Å². The fourth-order valence-electron chi connectivity index (χ4n) is 2.68. The minimum atomic E-state index is -3.67. The number of hydrogen-bond acceptors (Lipinski definition) is 4. The highest BCUT2D eigenvalue weighted by Crippen LogP contribution is 2.23. The SMILES string of the molecule is Cc1cc(N)cc(C)c1S(=O)(=O)NCC(C)(O)CC(C)C. The van der Waals surface area contributed by atoms with E-state index in [1.54, 1.807) is 32.9 Å². The fraction of sp³-hybridized carbons (Fsp3) is 0.600. The van der Waals surface area contributed by atoms with Crippen LogP contribution in [0.4, 0.5) is 5.69 Å². The van der Waals surface area contributed by atoms with E-state index in [1.165, 1.54) is 0 Å². The number of aryl methyl sites for hydroxylation is 2. The zero-order chi connectivity index (χ0) is 16.4. The lowest BCUT2D eigenvalue weighted by molar-refractivity contribution is 0.0436. The summed E-state index contributed by atoms with van der Waals surface area (Å²) in [4.78, 5) is 0.233. The number of hydrogen-bond donors (Lipinski definition) is 3. The zero-order valence-electron chi connectivity index (χ0n) is 13.4. The van der Waals surface area contributed by atoms with Crippen LogP contribution in [0.1, 0.15) is 38.3 Å². The summed E-state index contributed by atoms with van der Waals surface area (Å²) in [5.74, 6) is 0.282. The molecule has 0 saturated heterocycles. The van der Waals surface area contributed by atoms with E-state index in [-0.39, 0.29) is 17.4 Å². The molecule has 0 heterocycles. The Kier molecular flexibility index (Phi) is 5.41. The molecule has 4 N–H and O–H groups in total. The minimum Gasteiger partial charge on any atom is -0.399 e. The lowest BCUT2D eigenvalue weighted by Crippen LogP contribution is -2.41. The van der Waals surface area contributed by atoms with E-state index in [1.807, 2.05) is 13.8 Å². The number of nitrogens with one attached hydrogen (secondary N) is 1. The van der Waals surface area contributed by atoms with Gasteiger partial charge in [0, 0.05) is 12.2 Å². The molecule has 0 aliphatic heterocycles. The van der Waals surface area contributed by atoms with E-state index >= 15 is 0 Å². The summed E-state index contributed by atoms with van der Waals surface area (Å²) in [7, 11) is -3.67. The molecule has 120 valence electrons. The predicted octanol–water partition coefficient (Wildman–Crippen LogP) is 1.96. The summed E-state index contributed by atoms with van der Waals surface area (Å²) in [6.07, 6.45) is 0.523. The van der Waals surface area contributed by atoms with Crippen molar-refractivity contribution < 1.29 is 13.5 Å². The van der Waals surface area contributed by atoms with Crippen molar-refractivity contribution in [3.05, 3.63) is 23.3 Å². The molecule has 0 aliphatic rings. The maximum atomic E-state index is 12.5. The summed E-state index contributed by atoms with van der Waals surface area (Å²) in [5.41, 5.74) is 6.38. The number of benzene rings is 1. The lowest BCUT2D eigenvalue weighted by Gasteiger charge is -2.26. The number of nitrogen functional groups attached to an aromatic ring is 1. The van der Waals surface area contributed by atoms with Crippen molar-refractivity contribution in [2.45, 2.75) is 51.5 Å². The van der Waals surface area contributed by atoms with Gasteiger partial charge in [0.2, 0.25) is 10.0 Å². The van der Waals surface area contributed by atoms with Crippen molar-refractivity contribution in [1.29, 1.82) is 0 Å². The maximum absolute atomic E-state index is 12.5. The van der Waals surface area contributed by atoms with Crippen LogP contribution in [-0.2, 0) is 10.0 Å². The van der Waals surface area contributed by atoms with Crippen molar-refractivity contribution in [2.24, 2.45) is 5.92 Å². The van der Waals surface area contributed by atoms with Crippen molar-refractivity contribution in [3.63, 3.8) is 0 Å². The third-order valence-electron chi connectivity index (χ3n) is 3.24. The first-order chi connectivity index (χ1) is 9.44. The quantitative estimate of drug-likeness (QED) is 0.700. The maximum Gasteiger partial charge on any atom is 0.241 e. The molecular weight excluding hydrogens is 288 g/mol. The molecular formula is C15H26N2O3S. The second-order valence-electron chi connectivity index (χ2n) is 6.40. The summed E-state index contributed by atoms with van der Waals surface area (Å²) in [5, 5.41) is 10.2. The molecule has 0 aromatic heterocycles. The van der Waals surface area contributed by atoms with Crippen LogP contribution in [0.25, 0.3) is 0 Å². The smallest absolute Gasteiger partial charge is 0.241 e. The Morgan fingerprint density at radius 1 is 1.29 bits per heavy atom. The average Bonchev–Trinajstić information content (AvgIpc) is 2.23. The third-order valence-corrected chi connectivity index (χ3v) is 4.95. The van der Waals surface area contributed by atoms with Gasteiger partial charge in [0.15, 0.2) is 0 Å². The van der Waals surface area contributed by atoms with Crippen molar-refractivity contribution in [1.82, 2.24) is 4.72 Å². The molecule has 0 radical (unpaired) electrons. The summed E-state index contributed by atoms with van der Waals surface area (Å²) in [6.45, 7) is 9.01. The second kappa shape index (κ2) is 6.34. The van der Waals surface area contributed by atoms with Gasteiger partial charge in [-0.05, 0) is 56.4 Å². The van der Waals surface area contributed by atoms with Crippen LogP contribution in [0, 0.1) is 19.8 Å². The highest BCUT2D eigenvalue weighted by atomic mass is 32.2. The van der Waals surface area contributed by atoms with Gasteiger partial charge in [0.1, 0.15) is 0 Å². The Bertz CT molecular complexity index is 584. The van der Waals surface area contributed by atoms with Crippen LogP contribution >= 0.6 is 0 Å². The van der Waals surface area contributed by atoms with Crippen LogP contribution in [0.15, 0.2) is 17.0 Å². The number of anilines is 1. The van der Waals surface area contributed by atoms with Gasteiger partial charge in [-0.3, -0.25) is 0 Å². The van der Waals surface area contributed by atoms with E-state index < -0.39 is 15.6 Å². The van der Waals surface area contributed by atoms with Crippen LogP contribution in [0.3, 0.4) is 0 Å². The Morgan fingerprint density at radius 2 is 1.76 bits per heavy atom. The number of nitrogens with two attached hydrogens (primary N) is 1. The van der Waals surface area contributed by atoms with Gasteiger partial charge < -0.3 is 10.8 Å². The molecule has 0 amide bonds. The normalized spacial score (nSPS) is 15.2. The van der Waals surface area contributed by atoms with E-state index in [4.69, 9.17) is 5.73 Å². The molecule has 1 unspecified atom stereocenters. The number of rotatable bonds is 6. The molecule has 0 spiro atoms. The summed E-state index contributed by atoms with van der Waals surface area (Å²) in [6, 6.07) is 3.27. The van der Waals surface area contributed by atoms with Crippen molar-refractivity contribution in [3.8, 4) is 0 Å². The Hall–Kier alpha value is -1.11. The Labute approximate surface area is 127 Å². The first-order valence-corrected chi connectivity index (χ1v) is 8.52. The Morgan fingerprint density at radius 3 is 2.19 bits per heavy atom. The van der Waals surface area contributed by atoms with Gasteiger partial charge in [-0.2, -0.15) is 0 Å². The van der Waals surface area contributed by atoms with Crippen molar-refractivity contribution in [2.75, 3.05) is 12.3 Å². The van der Waals surface area contributed by atoms with Crippen LogP contribution in [0.5, 0.6) is 0 Å². The molecule has 0 saturated carbocycles. The predicted molar refractivity (Wildman–Crippen MR) is 85.6 cm³/mol. The first-order valence-electron chi connectivity index (χ1n) is 7.03. The van der Waals surface area contributed by atoms with E-state index in [2.05, 4.69) is 4.72 Å². The highest BCUT2D eigenvalue weighted by Gasteiger charge is 2.26. The average molecular weight is 314 g/mol. The monoisotopic (exact) mass is 314 g/mol. The molecule has 1 rings (SSSR count). The topological polar surface area (TPSA) is 92.4 Å². The molecule has 0 aliphatic carbocycles. The first kappa shape index (κ1) is 17.9. The number of sulfonamides is 1. The molecule has 1 atom stereocenters. The molecule has 6 heteroatoms. The third kappa shape index (κ3) is 4.98. The van der Waals surface area contributed by atoms with Gasteiger partial charge in [-0.15, -0.1) is 0 Å².